The molecule has 0 bridgehead atoms. The predicted octanol–water partition coefficient (Wildman–Crippen LogP) is 3.40. The molecule has 142 valence electrons. The third-order valence-corrected chi connectivity index (χ3v) is 4.26. The number of fused-ring (bicyclic) bond motifs is 1. The summed E-state index contributed by atoms with van der Waals surface area (Å²) in [5, 5.41) is 0. The van der Waals surface area contributed by atoms with Gasteiger partial charge in [-0.3, -0.25) is 19.4 Å². The number of hydrogen-bond acceptors (Lipinski definition) is 5. The highest BCUT2D eigenvalue weighted by Crippen LogP contribution is 2.45. The molecule has 10 heteroatoms. The monoisotopic (exact) mass is 386 g/mol. The van der Waals surface area contributed by atoms with Crippen LogP contribution in [-0.2, 0) is 15.5 Å². The lowest BCUT2D eigenvalue weighted by molar-refractivity contribution is -0.290. The molecule has 0 aliphatic heterocycles. The van der Waals surface area contributed by atoms with Crippen molar-refractivity contribution in [1.29, 1.82) is 0 Å². The predicted molar refractivity (Wildman–Crippen MR) is 81.2 cm³/mol. The van der Waals surface area contributed by atoms with Crippen molar-refractivity contribution in [3.63, 3.8) is 0 Å². The number of carbonyl (C=O) groups excluding carboxylic acids is 3. The summed E-state index contributed by atoms with van der Waals surface area (Å²) in [7, 11) is 0. The van der Waals surface area contributed by atoms with Crippen LogP contribution in [0.3, 0.4) is 0 Å². The number of ketones is 3. The third kappa shape index (κ3) is 3.19. The molecule has 2 aromatic rings. The highest BCUT2D eigenvalue weighted by molar-refractivity contribution is 6.25. The van der Waals surface area contributed by atoms with Crippen LogP contribution in [0.1, 0.15) is 35.3 Å². The maximum atomic E-state index is 14.0. The van der Waals surface area contributed by atoms with Gasteiger partial charge >= 0.3 is 12.1 Å². The van der Waals surface area contributed by atoms with Crippen LogP contribution < -0.4 is 0 Å². The Kier molecular flexibility index (Phi) is 4.52. The largest absolute Gasteiger partial charge is 0.459 e. The summed E-state index contributed by atoms with van der Waals surface area (Å²) in [6.07, 6.45) is -4.86. The van der Waals surface area contributed by atoms with Crippen molar-refractivity contribution in [3.05, 3.63) is 35.7 Å². The van der Waals surface area contributed by atoms with E-state index < -0.39 is 46.6 Å². The van der Waals surface area contributed by atoms with Crippen LogP contribution in [0.5, 0.6) is 0 Å². The third-order valence-electron chi connectivity index (χ3n) is 4.26. The molecule has 0 spiro atoms. The zero-order valence-electron chi connectivity index (χ0n) is 13.5. The average molecular weight is 386 g/mol. The van der Waals surface area contributed by atoms with Gasteiger partial charge in [0.1, 0.15) is 11.6 Å². The first-order valence-corrected chi connectivity index (χ1v) is 7.84. The van der Waals surface area contributed by atoms with E-state index in [0.717, 1.165) is 12.1 Å². The van der Waals surface area contributed by atoms with Crippen molar-refractivity contribution in [2.45, 2.75) is 31.4 Å². The molecule has 1 aliphatic carbocycles. The molecule has 5 nitrogen and oxygen atoms in total. The van der Waals surface area contributed by atoms with Crippen molar-refractivity contribution in [2.75, 3.05) is 0 Å². The van der Waals surface area contributed by atoms with E-state index in [1.165, 1.54) is 12.3 Å². The fourth-order valence-electron chi connectivity index (χ4n) is 2.91. The summed E-state index contributed by atoms with van der Waals surface area (Å²) in [4.78, 5) is 43.6. The number of hydrogen-bond donors (Lipinski definition) is 0. The van der Waals surface area contributed by atoms with E-state index in [4.69, 9.17) is 0 Å². The normalized spacial score (nSPS) is 16.8. The molecule has 2 aromatic heterocycles. The van der Waals surface area contributed by atoms with E-state index in [2.05, 4.69) is 9.97 Å². The second kappa shape index (κ2) is 6.43. The van der Waals surface area contributed by atoms with Crippen LogP contribution >= 0.6 is 0 Å². The van der Waals surface area contributed by atoms with Crippen LogP contribution in [0.15, 0.2) is 24.4 Å². The zero-order valence-corrected chi connectivity index (χ0v) is 13.5. The van der Waals surface area contributed by atoms with Crippen molar-refractivity contribution >= 4 is 28.4 Å². The minimum atomic E-state index is -6.02. The Labute approximate surface area is 148 Å². The number of nitrogens with zero attached hydrogens (tertiary/aromatic N) is 2. The summed E-state index contributed by atoms with van der Waals surface area (Å²) in [5.74, 6) is -10.4. The number of alkyl halides is 5. The number of pyridine rings is 2. The molecule has 27 heavy (non-hydrogen) atoms. The van der Waals surface area contributed by atoms with E-state index in [0.29, 0.717) is 0 Å². The molecule has 3 rings (SSSR count). The van der Waals surface area contributed by atoms with Crippen molar-refractivity contribution in [2.24, 2.45) is 5.92 Å². The minimum Gasteiger partial charge on any atom is -0.298 e. The second-order valence-corrected chi connectivity index (χ2v) is 6.08. The van der Waals surface area contributed by atoms with Gasteiger partial charge in [-0.05, 0) is 24.6 Å². The minimum absolute atomic E-state index is 0.113. The van der Waals surface area contributed by atoms with Gasteiger partial charge in [-0.15, -0.1) is 0 Å². The van der Waals surface area contributed by atoms with Gasteiger partial charge in [0.05, 0.1) is 11.0 Å². The topological polar surface area (TPSA) is 77.0 Å². The molecule has 0 atom stereocenters. The van der Waals surface area contributed by atoms with Crippen molar-refractivity contribution in [3.8, 4) is 0 Å². The molecule has 0 amide bonds. The number of aromatic nitrogens is 2. The van der Waals surface area contributed by atoms with Gasteiger partial charge in [-0.2, -0.15) is 22.0 Å². The highest BCUT2D eigenvalue weighted by atomic mass is 19.4. The van der Waals surface area contributed by atoms with E-state index >= 15 is 0 Å². The molecule has 1 saturated carbocycles. The molecule has 0 unspecified atom stereocenters. The Morgan fingerprint density at radius 3 is 2.26 bits per heavy atom. The summed E-state index contributed by atoms with van der Waals surface area (Å²) >= 11 is 0. The Balaban J connectivity index is 2.24. The zero-order chi connectivity index (χ0) is 20.0. The Morgan fingerprint density at radius 1 is 1.04 bits per heavy atom. The molecule has 1 aliphatic rings. The van der Waals surface area contributed by atoms with Gasteiger partial charge in [0.15, 0.2) is 17.3 Å². The standard InChI is InChI=1S/C17H11F5N2O3/c18-16(19,17(20,21)22)15-8(7-10-9(24-15)3-2-6-23-10)14(27)13-11(25)4-1-5-12(13)26/h2-3,6-7,13H,1,4-5H2. The first kappa shape index (κ1) is 19.0. The van der Waals surface area contributed by atoms with E-state index in [9.17, 15) is 36.3 Å². The van der Waals surface area contributed by atoms with Gasteiger partial charge in [0.25, 0.3) is 0 Å². The fraction of sp³-hybridized carbons (Fsp3) is 0.353. The van der Waals surface area contributed by atoms with Crippen molar-refractivity contribution in [1.82, 2.24) is 9.97 Å². The number of rotatable bonds is 3. The van der Waals surface area contributed by atoms with E-state index in [-0.39, 0.29) is 30.3 Å². The van der Waals surface area contributed by atoms with Crippen LogP contribution in [0.2, 0.25) is 0 Å². The smallest absolute Gasteiger partial charge is 0.298 e. The lowest BCUT2D eigenvalue weighted by Gasteiger charge is -2.24. The Bertz CT molecular complexity index is 939. The first-order valence-electron chi connectivity index (χ1n) is 7.84. The molecule has 1 fully saturated rings. The van der Waals surface area contributed by atoms with E-state index in [1.807, 2.05) is 0 Å². The summed E-state index contributed by atoms with van der Waals surface area (Å²) in [6, 6.07) is 3.15. The van der Waals surface area contributed by atoms with Crippen LogP contribution in [0.25, 0.3) is 11.0 Å². The number of carbonyl (C=O) groups is 3. The van der Waals surface area contributed by atoms with Gasteiger partial charge in [0, 0.05) is 24.6 Å². The number of Topliss-reactive ketones (excluding diaryl/α,β-unsaturated/α-hetero) is 3. The fourth-order valence-corrected chi connectivity index (χ4v) is 2.91. The number of halogens is 5. The summed E-state index contributed by atoms with van der Waals surface area (Å²) in [6.45, 7) is 0. The first-order chi connectivity index (χ1) is 12.5. The quantitative estimate of drug-likeness (QED) is 0.459. The Hall–Kier alpha value is -2.78. The van der Waals surface area contributed by atoms with Crippen LogP contribution in [-0.4, -0.2) is 33.5 Å². The summed E-state index contributed by atoms with van der Waals surface area (Å²) in [5.41, 5.74) is -3.36. The molecule has 0 aromatic carbocycles. The molecule has 0 saturated heterocycles. The lowest BCUT2D eigenvalue weighted by atomic mass is 9.81. The molecule has 2 heterocycles. The summed E-state index contributed by atoms with van der Waals surface area (Å²) < 4.78 is 66.8. The average Bonchev–Trinajstić information content (AvgIpc) is 2.59. The molecule has 0 N–H and O–H groups in total. The Morgan fingerprint density at radius 2 is 1.67 bits per heavy atom. The molecular weight excluding hydrogens is 375 g/mol. The lowest BCUT2D eigenvalue weighted by Crippen LogP contribution is -2.39. The second-order valence-electron chi connectivity index (χ2n) is 6.08. The highest BCUT2D eigenvalue weighted by Gasteiger charge is 2.61. The molecular formula is C17H11F5N2O3. The SMILES string of the molecule is O=C1CCCC(=O)C1C(=O)c1cc2ncccc2nc1C(F)(F)C(F)(F)F. The van der Waals surface area contributed by atoms with Gasteiger partial charge < -0.3 is 0 Å². The van der Waals surface area contributed by atoms with E-state index in [1.54, 1.807) is 0 Å². The maximum absolute atomic E-state index is 14.0. The van der Waals surface area contributed by atoms with Crippen molar-refractivity contribution < 1.29 is 36.3 Å². The van der Waals surface area contributed by atoms with Crippen LogP contribution in [0.4, 0.5) is 22.0 Å². The van der Waals surface area contributed by atoms with Gasteiger partial charge in [-0.1, -0.05) is 0 Å². The van der Waals surface area contributed by atoms with Gasteiger partial charge in [-0.25, -0.2) is 4.98 Å². The molecule has 0 radical (unpaired) electrons. The van der Waals surface area contributed by atoms with Crippen LogP contribution in [0, 0.1) is 5.92 Å². The maximum Gasteiger partial charge on any atom is 0.459 e. The van der Waals surface area contributed by atoms with Gasteiger partial charge in [0.2, 0.25) is 0 Å².